The molecule has 1 aliphatic rings. The molecule has 0 fully saturated rings. The molecule has 1 N–H and O–H groups in total. The van der Waals surface area contributed by atoms with E-state index >= 15 is 0 Å². The summed E-state index contributed by atoms with van der Waals surface area (Å²) in [7, 11) is -4.16. The van der Waals surface area contributed by atoms with E-state index in [-0.39, 0.29) is 28.9 Å². The first-order valence-corrected chi connectivity index (χ1v) is 10.5. The molecule has 0 saturated carbocycles. The molecule has 1 aliphatic heterocycles. The van der Waals surface area contributed by atoms with Crippen LogP contribution in [-0.2, 0) is 16.2 Å². The third-order valence-corrected chi connectivity index (χ3v) is 5.84. The molecule has 0 spiro atoms. The van der Waals surface area contributed by atoms with Crippen LogP contribution >= 0.6 is 0 Å². The minimum absolute atomic E-state index is 0.0423. The first kappa shape index (κ1) is 20.9. The van der Waals surface area contributed by atoms with Gasteiger partial charge in [-0.05, 0) is 49.4 Å². The third kappa shape index (κ3) is 4.53. The molecule has 162 valence electrons. The highest BCUT2D eigenvalue weighted by atomic mass is 32.2. The highest BCUT2D eigenvalue weighted by Gasteiger charge is 2.32. The summed E-state index contributed by atoms with van der Waals surface area (Å²) in [6.07, 6.45) is -4.67. The van der Waals surface area contributed by atoms with E-state index in [1.807, 2.05) is 0 Å². The minimum atomic E-state index is -4.67. The van der Waals surface area contributed by atoms with Crippen molar-refractivity contribution in [2.45, 2.75) is 18.0 Å². The Labute approximate surface area is 176 Å². The van der Waals surface area contributed by atoms with Gasteiger partial charge in [0.05, 0.1) is 16.1 Å². The van der Waals surface area contributed by atoms with Crippen LogP contribution in [0.2, 0.25) is 0 Å². The molecule has 0 aliphatic carbocycles. The molecule has 0 unspecified atom stereocenters. The summed E-state index contributed by atoms with van der Waals surface area (Å²) in [5.74, 6) is 1.04. The van der Waals surface area contributed by atoms with Crippen molar-refractivity contribution in [1.29, 1.82) is 0 Å². The third-order valence-electron chi connectivity index (χ3n) is 4.45. The molecule has 10 heteroatoms. The minimum Gasteiger partial charge on any atom is -0.455 e. The van der Waals surface area contributed by atoms with Gasteiger partial charge in [0, 0.05) is 6.07 Å². The lowest BCUT2D eigenvalue weighted by Gasteiger charge is -2.16. The Hall–Kier alpha value is -3.40. The Kier molecular flexibility index (Phi) is 5.18. The van der Waals surface area contributed by atoms with Crippen LogP contribution in [0.15, 0.2) is 65.6 Å². The molecule has 31 heavy (non-hydrogen) atoms. The molecule has 0 aromatic heterocycles. The Balaban J connectivity index is 1.71. The Morgan fingerprint density at radius 1 is 0.935 bits per heavy atom. The molecule has 0 amide bonds. The zero-order chi connectivity index (χ0) is 22.2. The fourth-order valence-electron chi connectivity index (χ4n) is 2.86. The quantitative estimate of drug-likeness (QED) is 0.567. The standard InChI is InChI=1S/C21H16F3NO5S/c1-13-2-6-16(7-3-13)31(26,27)25-17-10-14(21(22,23)24)4-8-18(17)30-15-5-9-19-20(11-15)29-12-28-19/h2-11,25H,12H2,1H3. The second kappa shape index (κ2) is 7.69. The molecule has 0 bridgehead atoms. The smallest absolute Gasteiger partial charge is 0.416 e. The molecule has 0 atom stereocenters. The number of ether oxygens (including phenoxy) is 3. The predicted octanol–water partition coefficient (Wildman–Crippen LogP) is 5.34. The number of benzene rings is 3. The summed E-state index contributed by atoms with van der Waals surface area (Å²) in [6.45, 7) is 1.83. The van der Waals surface area contributed by atoms with Crippen molar-refractivity contribution in [2.24, 2.45) is 0 Å². The predicted molar refractivity (Wildman–Crippen MR) is 106 cm³/mol. The summed E-state index contributed by atoms with van der Waals surface area (Å²) < 4.78 is 83.5. The highest BCUT2D eigenvalue weighted by molar-refractivity contribution is 7.92. The topological polar surface area (TPSA) is 73.9 Å². The highest BCUT2D eigenvalue weighted by Crippen LogP contribution is 2.40. The Bertz CT molecular complexity index is 1220. The maximum atomic E-state index is 13.2. The number of nitrogens with one attached hydrogen (secondary N) is 1. The van der Waals surface area contributed by atoms with Crippen molar-refractivity contribution in [3.05, 3.63) is 71.8 Å². The molecule has 3 aromatic rings. The van der Waals surface area contributed by atoms with Gasteiger partial charge in [-0.2, -0.15) is 13.2 Å². The van der Waals surface area contributed by atoms with Crippen molar-refractivity contribution in [3.63, 3.8) is 0 Å². The number of anilines is 1. The van der Waals surface area contributed by atoms with Crippen molar-refractivity contribution in [1.82, 2.24) is 0 Å². The van der Waals surface area contributed by atoms with Gasteiger partial charge in [-0.25, -0.2) is 8.42 Å². The van der Waals surface area contributed by atoms with Crippen LogP contribution in [0.3, 0.4) is 0 Å². The van der Waals surface area contributed by atoms with Crippen LogP contribution < -0.4 is 18.9 Å². The largest absolute Gasteiger partial charge is 0.455 e. The normalized spacial score (nSPS) is 13.2. The van der Waals surface area contributed by atoms with Gasteiger partial charge in [-0.15, -0.1) is 0 Å². The molecule has 0 saturated heterocycles. The van der Waals surface area contributed by atoms with E-state index in [9.17, 15) is 21.6 Å². The molecule has 6 nitrogen and oxygen atoms in total. The van der Waals surface area contributed by atoms with Gasteiger partial charge >= 0.3 is 6.18 Å². The van der Waals surface area contributed by atoms with Gasteiger partial charge in [-0.3, -0.25) is 4.72 Å². The van der Waals surface area contributed by atoms with Crippen molar-refractivity contribution in [2.75, 3.05) is 11.5 Å². The van der Waals surface area contributed by atoms with Crippen molar-refractivity contribution in [3.8, 4) is 23.0 Å². The van der Waals surface area contributed by atoms with Gasteiger partial charge < -0.3 is 14.2 Å². The molecular formula is C21H16F3NO5S. The summed E-state index contributed by atoms with van der Waals surface area (Å²) in [6, 6.07) is 13.1. The van der Waals surface area contributed by atoms with E-state index in [2.05, 4.69) is 4.72 Å². The van der Waals surface area contributed by atoms with Crippen LogP contribution in [0, 0.1) is 6.92 Å². The Morgan fingerprint density at radius 3 is 2.35 bits per heavy atom. The van der Waals surface area contributed by atoms with Crippen molar-refractivity contribution < 1.29 is 35.8 Å². The van der Waals surface area contributed by atoms with Gasteiger partial charge in [0.15, 0.2) is 17.2 Å². The second-order valence-corrected chi connectivity index (χ2v) is 8.43. The molecule has 0 radical (unpaired) electrons. The van der Waals surface area contributed by atoms with Gasteiger partial charge in [0.25, 0.3) is 10.0 Å². The van der Waals surface area contributed by atoms with E-state index in [1.54, 1.807) is 25.1 Å². The van der Waals surface area contributed by atoms with E-state index < -0.39 is 21.8 Å². The summed E-state index contributed by atoms with van der Waals surface area (Å²) in [5, 5.41) is 0. The SMILES string of the molecule is Cc1ccc(S(=O)(=O)Nc2cc(C(F)(F)F)ccc2Oc2ccc3c(c2)OCO3)cc1. The second-order valence-electron chi connectivity index (χ2n) is 6.74. The number of hydrogen-bond donors (Lipinski definition) is 1. The van der Waals surface area contributed by atoms with Crippen LogP contribution in [0.1, 0.15) is 11.1 Å². The van der Waals surface area contributed by atoms with Crippen LogP contribution in [0.25, 0.3) is 0 Å². The van der Waals surface area contributed by atoms with Crippen LogP contribution in [0.4, 0.5) is 18.9 Å². The first-order valence-electron chi connectivity index (χ1n) is 9.00. The van der Waals surface area contributed by atoms with Gasteiger partial charge in [0.1, 0.15) is 5.75 Å². The zero-order valence-electron chi connectivity index (χ0n) is 16.1. The van der Waals surface area contributed by atoms with E-state index in [0.717, 1.165) is 17.7 Å². The number of sulfonamides is 1. The average molecular weight is 451 g/mol. The van der Waals surface area contributed by atoms with Crippen LogP contribution in [-0.4, -0.2) is 15.2 Å². The zero-order valence-corrected chi connectivity index (χ0v) is 16.9. The number of aryl methyl sites for hydroxylation is 1. The summed E-state index contributed by atoms with van der Waals surface area (Å²) >= 11 is 0. The van der Waals surface area contributed by atoms with E-state index in [4.69, 9.17) is 14.2 Å². The first-order chi connectivity index (χ1) is 14.6. The lowest BCUT2D eigenvalue weighted by atomic mass is 10.2. The number of halogens is 3. The summed E-state index contributed by atoms with van der Waals surface area (Å²) in [5.41, 5.74) is -0.537. The molecule has 3 aromatic carbocycles. The van der Waals surface area contributed by atoms with Crippen molar-refractivity contribution >= 4 is 15.7 Å². The Morgan fingerprint density at radius 2 is 1.65 bits per heavy atom. The molecule has 1 heterocycles. The number of hydrogen-bond acceptors (Lipinski definition) is 5. The van der Waals surface area contributed by atoms with Gasteiger partial charge in [-0.1, -0.05) is 17.7 Å². The fraction of sp³-hybridized carbons (Fsp3) is 0.143. The monoisotopic (exact) mass is 451 g/mol. The number of alkyl halides is 3. The molecular weight excluding hydrogens is 435 g/mol. The number of rotatable bonds is 5. The van der Waals surface area contributed by atoms with E-state index in [1.165, 1.54) is 24.3 Å². The summed E-state index contributed by atoms with van der Waals surface area (Å²) in [4.78, 5) is -0.0930. The maximum Gasteiger partial charge on any atom is 0.416 e. The maximum absolute atomic E-state index is 13.2. The lowest BCUT2D eigenvalue weighted by Crippen LogP contribution is -2.15. The van der Waals surface area contributed by atoms with E-state index in [0.29, 0.717) is 17.6 Å². The van der Waals surface area contributed by atoms with Crippen LogP contribution in [0.5, 0.6) is 23.0 Å². The molecule has 4 rings (SSSR count). The lowest BCUT2D eigenvalue weighted by molar-refractivity contribution is -0.137. The van der Waals surface area contributed by atoms with Gasteiger partial charge in [0.2, 0.25) is 6.79 Å². The number of fused-ring (bicyclic) bond motifs is 1. The fourth-order valence-corrected chi connectivity index (χ4v) is 3.92. The average Bonchev–Trinajstić information content (AvgIpc) is 3.16.